The van der Waals surface area contributed by atoms with Gasteiger partial charge in [-0.3, -0.25) is 56.2 Å². The zero-order valence-corrected chi connectivity index (χ0v) is 70.4. The summed E-state index contributed by atoms with van der Waals surface area (Å²) in [5.41, 5.74) is 3.61. The van der Waals surface area contributed by atoms with Crippen molar-refractivity contribution in [2.24, 2.45) is 42.3 Å². The molecule has 31 nitrogen and oxygen atoms in total. The Hall–Kier alpha value is -11.0. The molecule has 3 atom stereocenters. The number of alkyl carbamates (subject to hydrolysis) is 2. The van der Waals surface area contributed by atoms with Crippen LogP contribution in [0.15, 0.2) is 139 Å². The van der Waals surface area contributed by atoms with Crippen molar-refractivity contribution in [3.8, 4) is 0 Å². The van der Waals surface area contributed by atoms with Gasteiger partial charge < -0.3 is 55.1 Å². The van der Waals surface area contributed by atoms with Crippen molar-refractivity contribution in [2.45, 2.75) is 251 Å². The zero-order valence-electron chi connectivity index (χ0n) is 70.4. The smallest absolute Gasteiger partial charge is 0.408 e. The molecule has 0 aliphatic carbocycles. The van der Waals surface area contributed by atoms with Crippen molar-refractivity contribution in [1.29, 1.82) is 0 Å². The minimum absolute atomic E-state index is 0.0229. The topological polar surface area (TPSA) is 361 Å². The summed E-state index contributed by atoms with van der Waals surface area (Å²) in [6.07, 6.45) is 34.2. The highest BCUT2D eigenvalue weighted by molar-refractivity contribution is 5.86. The summed E-state index contributed by atoms with van der Waals surface area (Å²) in [4.78, 5) is 150. The second-order valence-electron chi connectivity index (χ2n) is 30.9. The van der Waals surface area contributed by atoms with Gasteiger partial charge in [-0.05, 0) is 81.5 Å². The standard InChI is InChI=1S/C35H46N6O5.C29H42N6O5.C23H38N6O3/c1-39-26-37-31-30(39)33(43)41(35(45)40(31)2)23-17-9-7-5-3-4-6-8-16-22-36-32(42)29(24-27-18-12-10-13-19-27)38-34(44)46-25-28-20-14-11-15-21-28;1-22(32-28(38)40-20-23-16-12-11-13-17-23)26(36)30-18-14-9-7-5-4-6-8-10-15-19-35-27(37)24-25(31-21-33(24)2)34(3)29(35)39;1-27-17-26-20-19(27)22(31)29(23(32)28(20)2)16-11-9-7-5-3-4-6-8-10-14-25-21(30)18-13-12-15-24-18/h10-15,18-21,26,29H,3-9,16-17,22-25H2,1-2H3,(H,36,42)(H,38,44);11-13,16-17,21-22H,4-10,14-15,18-20H2,1-3H3,(H,30,36)(H,32,38);17-18,24H,3-16H2,1-2H3,(H,25,30). The number of carbonyl (C=O) groups excluding carboxylic acids is 5. The number of amides is 5. The van der Waals surface area contributed by atoms with Gasteiger partial charge in [0.25, 0.3) is 16.7 Å². The van der Waals surface area contributed by atoms with Gasteiger partial charge in [0, 0.05) is 88.0 Å². The number of aromatic nitrogens is 12. The highest BCUT2D eigenvalue weighted by Gasteiger charge is 2.25. The lowest BCUT2D eigenvalue weighted by Crippen LogP contribution is -2.48. The van der Waals surface area contributed by atoms with E-state index in [0.717, 1.165) is 190 Å². The van der Waals surface area contributed by atoms with Crippen molar-refractivity contribution in [2.75, 3.05) is 26.2 Å². The number of aryl methyl sites for hydroxylation is 6. The van der Waals surface area contributed by atoms with Crippen molar-refractivity contribution >= 4 is 63.4 Å². The first-order chi connectivity index (χ1) is 57.1. The fourth-order valence-electron chi connectivity index (χ4n) is 14.6. The SMILES string of the molecule is CC(NC(=O)OCc1ccccc1)C(=O)NCCCCCCCCCCCn1c(=O)c2c(ncn2C)n(C)c1=O.Cn1cnc2c1c(=O)n(CCCCCCCCCCCNC(=O)C(Cc1ccccc1)NC(=O)OCc1ccccc1)c(=O)n2C.Cn1cnc2c1c(=O)n(CCCCCCCCCCCNC(=O)C1CCCN1)c(=O)n2C. The van der Waals surface area contributed by atoms with E-state index < -0.39 is 24.3 Å². The molecule has 6 N–H and O–H groups in total. The first-order valence-corrected chi connectivity index (χ1v) is 42.5. The average Bonchev–Trinajstić information content (AvgIpc) is 1.64. The number of hydrogen-bond donors (Lipinski definition) is 6. The number of unbranched alkanes of at least 4 members (excludes halogenated alkanes) is 24. The van der Waals surface area contributed by atoms with Crippen molar-refractivity contribution in [3.63, 3.8) is 0 Å². The molecule has 0 radical (unpaired) electrons. The number of nitrogens with zero attached hydrogens (tertiary/aromatic N) is 12. The number of imidazole rings is 3. The lowest BCUT2D eigenvalue weighted by atomic mass is 10.1. The second-order valence-corrected chi connectivity index (χ2v) is 30.9. The third-order valence-electron chi connectivity index (χ3n) is 21.6. The normalized spacial score (nSPS) is 13.0. The lowest BCUT2D eigenvalue weighted by molar-refractivity contribution is -0.123. The number of rotatable bonds is 47. The summed E-state index contributed by atoms with van der Waals surface area (Å²) in [5.74, 6) is -0.291. The van der Waals surface area contributed by atoms with Crippen LogP contribution in [0.1, 0.15) is 210 Å². The van der Waals surface area contributed by atoms with E-state index in [1.807, 2.05) is 91.0 Å². The Bertz CT molecular complexity index is 4990. The Kier molecular flexibility index (Phi) is 39.2. The Balaban J connectivity index is 0.000000224. The first kappa shape index (κ1) is 92.5. The molecule has 1 aliphatic heterocycles. The Morgan fingerprint density at radius 2 is 0.720 bits per heavy atom. The van der Waals surface area contributed by atoms with Crippen LogP contribution in [0.3, 0.4) is 0 Å². The van der Waals surface area contributed by atoms with E-state index in [9.17, 15) is 52.7 Å². The molecular formula is C87H126N18O13. The van der Waals surface area contributed by atoms with Crippen LogP contribution >= 0.6 is 0 Å². The molecule has 0 bridgehead atoms. The van der Waals surface area contributed by atoms with Crippen LogP contribution in [-0.4, -0.2) is 130 Å². The molecular weight excluding hydrogens is 1510 g/mol. The minimum atomic E-state index is -0.731. The Morgan fingerprint density at radius 1 is 0.407 bits per heavy atom. The second kappa shape index (κ2) is 49.9. The number of carbonyl (C=O) groups is 5. The van der Waals surface area contributed by atoms with Crippen LogP contribution < -0.4 is 65.6 Å². The van der Waals surface area contributed by atoms with Crippen LogP contribution in [0.4, 0.5) is 9.59 Å². The minimum Gasteiger partial charge on any atom is -0.445 e. The maximum Gasteiger partial charge on any atom is 0.408 e. The quantitative estimate of drug-likeness (QED) is 0.0193. The molecule has 1 saturated heterocycles. The van der Waals surface area contributed by atoms with Gasteiger partial charge in [-0.2, -0.15) is 0 Å². The van der Waals surface area contributed by atoms with Crippen LogP contribution in [0.25, 0.3) is 33.5 Å². The summed E-state index contributed by atoms with van der Waals surface area (Å²) in [6.45, 7) is 6.07. The van der Waals surface area contributed by atoms with E-state index in [-0.39, 0.29) is 70.7 Å². The zero-order chi connectivity index (χ0) is 84.6. The Labute approximate surface area is 689 Å². The summed E-state index contributed by atoms with van der Waals surface area (Å²) >= 11 is 0. The van der Waals surface area contributed by atoms with E-state index in [1.54, 1.807) is 81.9 Å². The number of hydrogen-bond acceptors (Lipinski definition) is 17. The van der Waals surface area contributed by atoms with Crippen molar-refractivity contribution in [1.82, 2.24) is 88.0 Å². The van der Waals surface area contributed by atoms with Gasteiger partial charge in [0.2, 0.25) is 17.7 Å². The molecule has 10 rings (SSSR count). The van der Waals surface area contributed by atoms with E-state index in [4.69, 9.17) is 9.47 Å². The van der Waals surface area contributed by atoms with Gasteiger partial charge in [-0.1, -0.05) is 226 Å². The van der Waals surface area contributed by atoms with Crippen LogP contribution in [-0.2, 0) is 105 Å². The number of benzene rings is 3. The number of nitrogens with one attached hydrogen (secondary N) is 6. The highest BCUT2D eigenvalue weighted by atomic mass is 16.6. The molecule has 3 aromatic carbocycles. The maximum atomic E-state index is 13.0. The van der Waals surface area contributed by atoms with E-state index in [2.05, 4.69) is 46.9 Å². The molecule has 3 unspecified atom stereocenters. The number of fused-ring (bicyclic) bond motifs is 3. The highest BCUT2D eigenvalue weighted by Crippen LogP contribution is 2.16. The average molecular weight is 1630 g/mol. The van der Waals surface area contributed by atoms with Crippen molar-refractivity contribution in [3.05, 3.63) is 189 Å². The molecule has 9 aromatic rings. The van der Waals surface area contributed by atoms with Gasteiger partial charge in [-0.25, -0.2) is 38.9 Å². The molecule has 1 fully saturated rings. The first-order valence-electron chi connectivity index (χ1n) is 42.5. The third-order valence-corrected chi connectivity index (χ3v) is 21.6. The molecule has 0 saturated carbocycles. The third kappa shape index (κ3) is 29.0. The molecule has 118 heavy (non-hydrogen) atoms. The summed E-state index contributed by atoms with van der Waals surface area (Å²) < 4.78 is 23.8. The maximum absolute atomic E-state index is 13.0. The largest absolute Gasteiger partial charge is 0.445 e. The van der Waals surface area contributed by atoms with Gasteiger partial charge >= 0.3 is 29.3 Å². The number of ether oxygens (including phenoxy) is 2. The molecule has 1 aliphatic rings. The predicted molar refractivity (Wildman–Crippen MR) is 458 cm³/mol. The summed E-state index contributed by atoms with van der Waals surface area (Å²) in [7, 11) is 10.2. The monoisotopic (exact) mass is 1630 g/mol. The van der Waals surface area contributed by atoms with Crippen LogP contribution in [0, 0.1) is 0 Å². The molecule has 6 aromatic heterocycles. The molecule has 31 heteroatoms. The molecule has 0 spiro atoms. The summed E-state index contributed by atoms with van der Waals surface area (Å²) in [6, 6.07) is 27.0. The fourth-order valence-corrected chi connectivity index (χ4v) is 14.6. The van der Waals surface area contributed by atoms with Gasteiger partial charge in [0.1, 0.15) is 25.3 Å². The Morgan fingerprint density at radius 3 is 1.07 bits per heavy atom. The van der Waals surface area contributed by atoms with Gasteiger partial charge in [0.05, 0.1) is 25.0 Å². The van der Waals surface area contributed by atoms with E-state index >= 15 is 0 Å². The molecule has 7 heterocycles. The molecule has 5 amide bonds. The lowest BCUT2D eigenvalue weighted by Gasteiger charge is -2.18. The fraction of sp³-hybridized carbons (Fsp3) is 0.563. The predicted octanol–water partition coefficient (Wildman–Crippen LogP) is 9.79. The van der Waals surface area contributed by atoms with E-state index in [0.29, 0.717) is 72.6 Å². The van der Waals surface area contributed by atoms with Crippen LogP contribution in [0.5, 0.6) is 0 Å². The van der Waals surface area contributed by atoms with Gasteiger partial charge in [0.15, 0.2) is 33.5 Å². The van der Waals surface area contributed by atoms with Crippen LogP contribution in [0.2, 0.25) is 0 Å². The van der Waals surface area contributed by atoms with Gasteiger partial charge in [-0.15, -0.1) is 0 Å². The van der Waals surface area contributed by atoms with E-state index in [1.165, 1.54) is 53.1 Å². The molecule has 642 valence electrons. The van der Waals surface area contributed by atoms with Crippen molar-refractivity contribution < 1.29 is 33.4 Å². The summed E-state index contributed by atoms with van der Waals surface area (Å²) in [5, 5.41) is 17.4.